The van der Waals surface area contributed by atoms with E-state index in [0.29, 0.717) is 0 Å². The van der Waals surface area contributed by atoms with Crippen molar-refractivity contribution in [2.45, 2.75) is 26.8 Å². The second-order valence-corrected chi connectivity index (χ2v) is 4.83. The Balaban J connectivity index is 1.89. The number of rotatable bonds is 5. The molecule has 5 heteroatoms. The predicted octanol–water partition coefficient (Wildman–Crippen LogP) is 2.28. The molecule has 0 aliphatic carbocycles. The maximum Gasteiger partial charge on any atom is 0.258 e. The Bertz CT molecular complexity index is 559. The van der Waals surface area contributed by atoms with Crippen LogP contribution in [0.3, 0.4) is 0 Å². The highest BCUT2D eigenvalue weighted by atomic mass is 16.5. The number of nitrogens with zero attached hydrogens (tertiary/aromatic N) is 1. The lowest BCUT2D eigenvalue weighted by Crippen LogP contribution is -2.31. The van der Waals surface area contributed by atoms with Gasteiger partial charge in [0.1, 0.15) is 5.75 Å². The fraction of sp³-hybridized carbons (Fsp3) is 0.333. The highest BCUT2D eigenvalue weighted by Gasteiger charge is 2.12. The van der Waals surface area contributed by atoms with Gasteiger partial charge in [0, 0.05) is 11.8 Å². The minimum atomic E-state index is -0.152. The summed E-state index contributed by atoms with van der Waals surface area (Å²) in [7, 11) is 0. The van der Waals surface area contributed by atoms with Gasteiger partial charge < -0.3 is 10.1 Å². The zero-order chi connectivity index (χ0) is 14.5. The maximum absolute atomic E-state index is 11.9. The Hall–Kier alpha value is -2.30. The summed E-state index contributed by atoms with van der Waals surface area (Å²) < 4.78 is 5.61. The first-order valence-corrected chi connectivity index (χ1v) is 6.55. The quantitative estimate of drug-likeness (QED) is 0.878. The minimum absolute atomic E-state index is 0.00782. The van der Waals surface area contributed by atoms with Gasteiger partial charge in [0.2, 0.25) is 0 Å². The molecule has 106 valence electrons. The number of amides is 1. The van der Waals surface area contributed by atoms with Crippen LogP contribution in [0.1, 0.15) is 29.7 Å². The van der Waals surface area contributed by atoms with Gasteiger partial charge >= 0.3 is 0 Å². The number of aryl methyl sites for hydroxylation is 2. The van der Waals surface area contributed by atoms with Gasteiger partial charge in [0.05, 0.1) is 12.2 Å². The van der Waals surface area contributed by atoms with Gasteiger partial charge in [-0.2, -0.15) is 5.10 Å². The number of aromatic amines is 1. The van der Waals surface area contributed by atoms with E-state index in [1.807, 2.05) is 39.0 Å². The average Bonchev–Trinajstić information content (AvgIpc) is 2.92. The van der Waals surface area contributed by atoms with Crippen molar-refractivity contribution < 1.29 is 9.53 Å². The molecule has 0 spiro atoms. The molecule has 1 aromatic carbocycles. The van der Waals surface area contributed by atoms with Crippen LogP contribution in [0, 0.1) is 13.8 Å². The largest absolute Gasteiger partial charge is 0.483 e. The van der Waals surface area contributed by atoms with Crippen LogP contribution in [0.4, 0.5) is 0 Å². The molecule has 1 unspecified atom stereocenters. The van der Waals surface area contributed by atoms with Crippen LogP contribution >= 0.6 is 0 Å². The average molecular weight is 273 g/mol. The number of benzene rings is 1. The topological polar surface area (TPSA) is 67.0 Å². The number of carbonyl (C=O) groups is 1. The highest BCUT2D eigenvalue weighted by Crippen LogP contribution is 2.22. The van der Waals surface area contributed by atoms with Crippen molar-refractivity contribution in [3.63, 3.8) is 0 Å². The third kappa shape index (κ3) is 3.38. The summed E-state index contributed by atoms with van der Waals surface area (Å²) in [4.78, 5) is 11.9. The normalized spacial score (nSPS) is 11.9. The van der Waals surface area contributed by atoms with Crippen molar-refractivity contribution in [2.75, 3.05) is 6.61 Å². The summed E-state index contributed by atoms with van der Waals surface area (Å²) in [5.74, 6) is 0.625. The van der Waals surface area contributed by atoms with E-state index < -0.39 is 0 Å². The van der Waals surface area contributed by atoms with Crippen LogP contribution in [0.5, 0.6) is 5.75 Å². The van der Waals surface area contributed by atoms with E-state index in [1.165, 1.54) is 0 Å². The van der Waals surface area contributed by atoms with Crippen LogP contribution in [0.2, 0.25) is 0 Å². The Morgan fingerprint density at radius 1 is 1.40 bits per heavy atom. The molecule has 0 fully saturated rings. The standard InChI is InChI=1S/C15H19N3O2/c1-10-5-4-6-11(2)15(10)20-9-14(19)18-12(3)13-7-16-17-8-13/h4-8,12H,9H2,1-3H3,(H,16,17)(H,18,19). The van der Waals surface area contributed by atoms with E-state index in [2.05, 4.69) is 15.5 Å². The van der Waals surface area contributed by atoms with Gasteiger partial charge in [-0.05, 0) is 31.9 Å². The molecule has 1 aromatic heterocycles. The second-order valence-electron chi connectivity index (χ2n) is 4.83. The smallest absolute Gasteiger partial charge is 0.258 e. The van der Waals surface area contributed by atoms with Crippen molar-refractivity contribution in [3.8, 4) is 5.75 Å². The van der Waals surface area contributed by atoms with Crippen molar-refractivity contribution in [2.24, 2.45) is 0 Å². The molecular formula is C15H19N3O2. The molecule has 0 radical (unpaired) electrons. The molecule has 1 heterocycles. The number of ether oxygens (including phenoxy) is 1. The Kier molecular flexibility index (Phi) is 4.40. The fourth-order valence-corrected chi connectivity index (χ4v) is 2.03. The fourth-order valence-electron chi connectivity index (χ4n) is 2.03. The number of para-hydroxylation sites is 1. The van der Waals surface area contributed by atoms with E-state index in [-0.39, 0.29) is 18.6 Å². The van der Waals surface area contributed by atoms with E-state index >= 15 is 0 Å². The Morgan fingerprint density at radius 2 is 2.10 bits per heavy atom. The van der Waals surface area contributed by atoms with E-state index in [1.54, 1.807) is 12.4 Å². The summed E-state index contributed by atoms with van der Waals surface area (Å²) in [6.07, 6.45) is 3.45. The summed E-state index contributed by atoms with van der Waals surface area (Å²) in [6.45, 7) is 5.85. The monoisotopic (exact) mass is 273 g/mol. The van der Waals surface area contributed by atoms with Gasteiger partial charge in [0.25, 0.3) is 5.91 Å². The first kappa shape index (κ1) is 14.1. The number of hydrogen-bond donors (Lipinski definition) is 2. The first-order chi connectivity index (χ1) is 9.58. The third-order valence-electron chi connectivity index (χ3n) is 3.15. The molecule has 0 bridgehead atoms. The van der Waals surface area contributed by atoms with Crippen LogP contribution in [0.25, 0.3) is 0 Å². The lowest BCUT2D eigenvalue weighted by atomic mass is 10.1. The number of aromatic nitrogens is 2. The van der Waals surface area contributed by atoms with Crippen molar-refractivity contribution in [1.29, 1.82) is 0 Å². The molecule has 0 saturated carbocycles. The van der Waals surface area contributed by atoms with E-state index in [9.17, 15) is 4.79 Å². The molecule has 5 nitrogen and oxygen atoms in total. The molecule has 0 aliphatic heterocycles. The third-order valence-corrected chi connectivity index (χ3v) is 3.15. The van der Waals surface area contributed by atoms with Crippen LogP contribution < -0.4 is 10.1 Å². The van der Waals surface area contributed by atoms with Crippen molar-refractivity contribution in [3.05, 3.63) is 47.3 Å². The zero-order valence-electron chi connectivity index (χ0n) is 11.9. The molecule has 2 rings (SSSR count). The predicted molar refractivity (Wildman–Crippen MR) is 76.6 cm³/mol. The SMILES string of the molecule is Cc1cccc(C)c1OCC(=O)NC(C)c1cn[nH]c1. The van der Waals surface area contributed by atoms with Gasteiger partial charge in [-0.1, -0.05) is 18.2 Å². The first-order valence-electron chi connectivity index (χ1n) is 6.55. The van der Waals surface area contributed by atoms with E-state index in [0.717, 1.165) is 22.4 Å². The van der Waals surface area contributed by atoms with Gasteiger partial charge in [-0.3, -0.25) is 9.89 Å². The number of nitrogens with one attached hydrogen (secondary N) is 2. The molecule has 20 heavy (non-hydrogen) atoms. The van der Waals surface area contributed by atoms with Crippen LogP contribution in [0.15, 0.2) is 30.6 Å². The van der Waals surface area contributed by atoms with Gasteiger partial charge in [-0.25, -0.2) is 0 Å². The lowest BCUT2D eigenvalue weighted by molar-refractivity contribution is -0.123. The summed E-state index contributed by atoms with van der Waals surface area (Å²) in [5, 5.41) is 9.45. The summed E-state index contributed by atoms with van der Waals surface area (Å²) >= 11 is 0. The molecule has 0 saturated heterocycles. The van der Waals surface area contributed by atoms with Crippen LogP contribution in [-0.2, 0) is 4.79 Å². The number of carbonyl (C=O) groups excluding carboxylic acids is 1. The van der Waals surface area contributed by atoms with Gasteiger partial charge in [0.15, 0.2) is 6.61 Å². The Labute approximate surface area is 118 Å². The van der Waals surface area contributed by atoms with E-state index in [4.69, 9.17) is 4.74 Å². The van der Waals surface area contributed by atoms with Gasteiger partial charge in [-0.15, -0.1) is 0 Å². The molecule has 1 atom stereocenters. The molecule has 1 amide bonds. The molecule has 2 aromatic rings. The maximum atomic E-state index is 11.9. The van der Waals surface area contributed by atoms with Crippen molar-refractivity contribution >= 4 is 5.91 Å². The second kappa shape index (κ2) is 6.23. The Morgan fingerprint density at radius 3 is 2.70 bits per heavy atom. The molecule has 0 aliphatic rings. The molecular weight excluding hydrogens is 254 g/mol. The summed E-state index contributed by atoms with van der Waals surface area (Å²) in [6, 6.07) is 5.81. The van der Waals surface area contributed by atoms with Crippen LogP contribution in [-0.4, -0.2) is 22.7 Å². The highest BCUT2D eigenvalue weighted by molar-refractivity contribution is 5.78. The zero-order valence-corrected chi connectivity index (χ0v) is 11.9. The minimum Gasteiger partial charge on any atom is -0.483 e. The lowest BCUT2D eigenvalue weighted by Gasteiger charge is -2.14. The summed E-state index contributed by atoms with van der Waals surface area (Å²) in [5.41, 5.74) is 2.99. The number of hydrogen-bond acceptors (Lipinski definition) is 3. The molecule has 2 N–H and O–H groups in total. The van der Waals surface area contributed by atoms with Crippen molar-refractivity contribution in [1.82, 2.24) is 15.5 Å². The number of H-pyrrole nitrogens is 1.